The largest absolute Gasteiger partial charge is 0.395 e. The lowest BCUT2D eigenvalue weighted by molar-refractivity contribution is -0.125. The van der Waals surface area contributed by atoms with Gasteiger partial charge in [-0.2, -0.15) is 11.8 Å². The molecule has 0 aromatic carbocycles. The van der Waals surface area contributed by atoms with E-state index in [4.69, 9.17) is 5.11 Å². The summed E-state index contributed by atoms with van der Waals surface area (Å²) in [6.45, 7) is 2.08. The van der Waals surface area contributed by atoms with Gasteiger partial charge in [0.2, 0.25) is 5.91 Å². The summed E-state index contributed by atoms with van der Waals surface area (Å²) < 4.78 is 0. The lowest BCUT2D eigenvalue weighted by Gasteiger charge is -2.22. The first kappa shape index (κ1) is 12.8. The third-order valence-corrected chi connectivity index (χ3v) is 4.30. The Morgan fingerprint density at radius 1 is 1.53 bits per heavy atom. The minimum absolute atomic E-state index is 0.0538. The van der Waals surface area contributed by atoms with Crippen LogP contribution in [0.4, 0.5) is 0 Å². The highest BCUT2D eigenvalue weighted by Gasteiger charge is 2.25. The molecule has 2 unspecified atom stereocenters. The van der Waals surface area contributed by atoms with E-state index in [0.717, 1.165) is 12.8 Å². The van der Waals surface area contributed by atoms with Gasteiger partial charge < -0.3 is 10.4 Å². The molecular weight excluding hydrogens is 210 g/mol. The number of hydrogen-bond donors (Lipinski definition) is 2. The van der Waals surface area contributed by atoms with Crippen molar-refractivity contribution in [1.82, 2.24) is 5.32 Å². The van der Waals surface area contributed by atoms with Crippen molar-refractivity contribution in [3.05, 3.63) is 0 Å². The molecule has 15 heavy (non-hydrogen) atoms. The summed E-state index contributed by atoms with van der Waals surface area (Å²) in [7, 11) is 0. The van der Waals surface area contributed by atoms with Crippen LogP contribution in [0.2, 0.25) is 0 Å². The van der Waals surface area contributed by atoms with Crippen molar-refractivity contribution in [3.63, 3.8) is 0 Å². The Balaban J connectivity index is 2.35. The van der Waals surface area contributed by atoms with Crippen LogP contribution in [-0.4, -0.2) is 35.2 Å². The number of hydrogen-bond acceptors (Lipinski definition) is 3. The lowest BCUT2D eigenvalue weighted by atomic mass is 10.1. The topological polar surface area (TPSA) is 49.3 Å². The third kappa shape index (κ3) is 3.68. The molecule has 1 aliphatic rings. The lowest BCUT2D eigenvalue weighted by Crippen LogP contribution is -2.43. The van der Waals surface area contributed by atoms with Gasteiger partial charge in [0, 0.05) is 17.2 Å². The molecule has 0 heterocycles. The van der Waals surface area contributed by atoms with Gasteiger partial charge in [-0.25, -0.2) is 0 Å². The second-order valence-corrected chi connectivity index (χ2v) is 5.31. The van der Waals surface area contributed by atoms with Gasteiger partial charge in [-0.3, -0.25) is 4.79 Å². The SMILES string of the molecule is CSC(CO)C(C)NC(=O)C1CCCC1. The zero-order chi connectivity index (χ0) is 11.3. The first-order chi connectivity index (χ1) is 7.19. The van der Waals surface area contributed by atoms with Crippen molar-refractivity contribution in [3.8, 4) is 0 Å². The van der Waals surface area contributed by atoms with Crippen LogP contribution in [0, 0.1) is 5.92 Å². The Labute approximate surface area is 96.0 Å². The fraction of sp³-hybridized carbons (Fsp3) is 0.909. The molecule has 4 heteroatoms. The Morgan fingerprint density at radius 2 is 2.13 bits per heavy atom. The highest BCUT2D eigenvalue weighted by molar-refractivity contribution is 7.99. The fourth-order valence-electron chi connectivity index (χ4n) is 2.06. The van der Waals surface area contributed by atoms with E-state index >= 15 is 0 Å². The monoisotopic (exact) mass is 231 g/mol. The molecule has 1 saturated carbocycles. The molecule has 0 spiro atoms. The van der Waals surface area contributed by atoms with Gasteiger partial charge in [-0.15, -0.1) is 0 Å². The van der Waals surface area contributed by atoms with Crippen LogP contribution in [0.3, 0.4) is 0 Å². The highest BCUT2D eigenvalue weighted by atomic mass is 32.2. The van der Waals surface area contributed by atoms with E-state index in [1.807, 2.05) is 13.2 Å². The van der Waals surface area contributed by atoms with E-state index < -0.39 is 0 Å². The molecule has 1 aliphatic carbocycles. The molecule has 0 saturated heterocycles. The summed E-state index contributed by atoms with van der Waals surface area (Å²) in [5.41, 5.74) is 0. The Morgan fingerprint density at radius 3 is 2.60 bits per heavy atom. The molecule has 0 radical (unpaired) electrons. The summed E-state index contributed by atoms with van der Waals surface area (Å²) in [4.78, 5) is 11.8. The number of aliphatic hydroxyl groups is 1. The molecule has 2 N–H and O–H groups in total. The van der Waals surface area contributed by atoms with Gasteiger partial charge in [0.15, 0.2) is 0 Å². The number of thioether (sulfide) groups is 1. The van der Waals surface area contributed by atoms with Crippen molar-refractivity contribution in [2.24, 2.45) is 5.92 Å². The summed E-state index contributed by atoms with van der Waals surface area (Å²) in [5, 5.41) is 12.2. The Bertz CT molecular complexity index is 201. The average Bonchev–Trinajstić information content (AvgIpc) is 2.72. The zero-order valence-electron chi connectivity index (χ0n) is 9.53. The van der Waals surface area contributed by atoms with Gasteiger partial charge >= 0.3 is 0 Å². The van der Waals surface area contributed by atoms with E-state index in [2.05, 4.69) is 5.32 Å². The minimum Gasteiger partial charge on any atom is -0.395 e. The van der Waals surface area contributed by atoms with Gasteiger partial charge in [0.1, 0.15) is 0 Å². The molecule has 0 aromatic heterocycles. The zero-order valence-corrected chi connectivity index (χ0v) is 10.3. The Hall–Kier alpha value is -0.220. The van der Waals surface area contributed by atoms with E-state index in [1.54, 1.807) is 11.8 Å². The van der Waals surface area contributed by atoms with Crippen molar-refractivity contribution >= 4 is 17.7 Å². The summed E-state index contributed by atoms with van der Waals surface area (Å²) >= 11 is 1.60. The first-order valence-corrected chi connectivity index (χ1v) is 6.91. The molecule has 2 atom stereocenters. The second kappa shape index (κ2) is 6.38. The van der Waals surface area contributed by atoms with Crippen LogP contribution in [0.1, 0.15) is 32.6 Å². The number of carbonyl (C=O) groups is 1. The normalized spacial score (nSPS) is 21.3. The number of carbonyl (C=O) groups excluding carboxylic acids is 1. The van der Waals surface area contributed by atoms with E-state index in [-0.39, 0.29) is 29.7 Å². The van der Waals surface area contributed by atoms with Crippen molar-refractivity contribution < 1.29 is 9.90 Å². The Kier molecular flexibility index (Phi) is 5.47. The smallest absolute Gasteiger partial charge is 0.223 e. The molecule has 0 aliphatic heterocycles. The first-order valence-electron chi connectivity index (χ1n) is 5.63. The number of nitrogens with one attached hydrogen (secondary N) is 1. The quantitative estimate of drug-likeness (QED) is 0.752. The molecule has 1 fully saturated rings. The molecule has 3 nitrogen and oxygen atoms in total. The second-order valence-electron chi connectivity index (χ2n) is 4.24. The molecule has 0 aromatic rings. The van der Waals surface area contributed by atoms with Crippen LogP contribution in [-0.2, 0) is 4.79 Å². The average molecular weight is 231 g/mol. The van der Waals surface area contributed by atoms with Crippen LogP contribution in [0.5, 0.6) is 0 Å². The van der Waals surface area contributed by atoms with Gasteiger partial charge in [0.05, 0.1) is 6.61 Å². The number of aliphatic hydroxyl groups excluding tert-OH is 1. The van der Waals surface area contributed by atoms with Crippen LogP contribution < -0.4 is 5.32 Å². The van der Waals surface area contributed by atoms with E-state index in [1.165, 1.54) is 12.8 Å². The predicted molar refractivity (Wildman–Crippen MR) is 64.0 cm³/mol. The standard InChI is InChI=1S/C11H21NO2S/c1-8(10(7-13)15-2)12-11(14)9-5-3-4-6-9/h8-10,13H,3-7H2,1-2H3,(H,12,14). The maximum Gasteiger partial charge on any atom is 0.223 e. The molecule has 1 amide bonds. The van der Waals surface area contributed by atoms with Crippen molar-refractivity contribution in [2.75, 3.05) is 12.9 Å². The van der Waals surface area contributed by atoms with Gasteiger partial charge in [-0.1, -0.05) is 12.8 Å². The maximum atomic E-state index is 11.8. The summed E-state index contributed by atoms with van der Waals surface area (Å²) in [6, 6.07) is 0.0538. The molecule has 0 bridgehead atoms. The highest BCUT2D eigenvalue weighted by Crippen LogP contribution is 2.25. The van der Waals surface area contributed by atoms with Gasteiger partial charge in [0.25, 0.3) is 0 Å². The van der Waals surface area contributed by atoms with E-state index in [0.29, 0.717) is 0 Å². The van der Waals surface area contributed by atoms with E-state index in [9.17, 15) is 4.79 Å². The predicted octanol–water partition coefficient (Wildman–Crippen LogP) is 1.41. The van der Waals surface area contributed by atoms with Crippen molar-refractivity contribution in [1.29, 1.82) is 0 Å². The maximum absolute atomic E-state index is 11.8. The van der Waals surface area contributed by atoms with Crippen LogP contribution in [0.15, 0.2) is 0 Å². The molecule has 88 valence electrons. The molecular formula is C11H21NO2S. The van der Waals surface area contributed by atoms with Crippen LogP contribution >= 0.6 is 11.8 Å². The third-order valence-electron chi connectivity index (χ3n) is 3.14. The summed E-state index contributed by atoms with van der Waals surface area (Å²) in [5.74, 6) is 0.390. The van der Waals surface area contributed by atoms with Crippen LogP contribution in [0.25, 0.3) is 0 Å². The van der Waals surface area contributed by atoms with Crippen molar-refractivity contribution in [2.45, 2.75) is 43.9 Å². The summed E-state index contributed by atoms with van der Waals surface area (Å²) in [6.07, 6.45) is 6.37. The number of amides is 1. The molecule has 1 rings (SSSR count). The number of rotatable bonds is 5. The fourth-order valence-corrected chi connectivity index (χ4v) is 2.69. The van der Waals surface area contributed by atoms with Gasteiger partial charge in [-0.05, 0) is 26.0 Å². The minimum atomic E-state index is 0.0538.